The Morgan fingerprint density at radius 3 is 2.55 bits per heavy atom. The van der Waals surface area contributed by atoms with Crippen molar-refractivity contribution in [3.8, 4) is 0 Å². The van der Waals surface area contributed by atoms with Gasteiger partial charge < -0.3 is 5.11 Å². The molecule has 2 aromatic rings. The molecule has 0 aliphatic heterocycles. The summed E-state index contributed by atoms with van der Waals surface area (Å²) in [6.45, 7) is 2.09. The average Bonchev–Trinajstić information content (AvgIpc) is 2.42. The molecule has 1 atom stereocenters. The molecule has 3 heteroatoms. The number of benzene rings is 2. The van der Waals surface area contributed by atoms with Gasteiger partial charge in [-0.15, -0.1) is 0 Å². The van der Waals surface area contributed by atoms with Gasteiger partial charge in [0.05, 0.1) is 6.10 Å². The lowest BCUT2D eigenvalue weighted by Crippen LogP contribution is -2.12. The van der Waals surface area contributed by atoms with Crippen LogP contribution in [0.25, 0.3) is 0 Å². The number of hydrogen-bond acceptors (Lipinski definition) is 1. The molecule has 0 aliphatic rings. The van der Waals surface area contributed by atoms with Crippen molar-refractivity contribution in [3.63, 3.8) is 0 Å². The van der Waals surface area contributed by atoms with Gasteiger partial charge in [0.1, 0.15) is 0 Å². The maximum atomic E-state index is 10.2. The summed E-state index contributed by atoms with van der Waals surface area (Å²) in [6.07, 6.45) is 1.70. The zero-order valence-corrected chi connectivity index (χ0v) is 13.0. The normalized spacial score (nSPS) is 12.4. The third-order valence-electron chi connectivity index (χ3n) is 3.47. The maximum Gasteiger partial charge on any atom is 0.0584 e. The van der Waals surface area contributed by atoms with Crippen LogP contribution in [0.4, 0.5) is 0 Å². The molecule has 0 radical (unpaired) electrons. The van der Waals surface area contributed by atoms with E-state index >= 15 is 0 Å². The standard InChI is InChI=1S/C17H18Cl2O/c1-12-4-2-3-5-13(12)6-8-16(20)11-14-10-15(18)7-9-17(14)19/h2-5,7,9-10,16,20H,6,8,11H2,1H3. The predicted octanol–water partition coefficient (Wildman–Crippen LogP) is 4.84. The second-order valence-corrected chi connectivity index (χ2v) is 5.90. The molecule has 0 spiro atoms. The molecule has 2 rings (SSSR count). The van der Waals surface area contributed by atoms with Crippen LogP contribution in [-0.4, -0.2) is 11.2 Å². The molecule has 0 saturated heterocycles. The molecule has 2 aromatic carbocycles. The summed E-state index contributed by atoms with van der Waals surface area (Å²) in [7, 11) is 0. The molecule has 1 nitrogen and oxygen atoms in total. The van der Waals surface area contributed by atoms with Crippen molar-refractivity contribution in [2.24, 2.45) is 0 Å². The zero-order valence-electron chi connectivity index (χ0n) is 11.4. The van der Waals surface area contributed by atoms with Crippen molar-refractivity contribution >= 4 is 23.2 Å². The largest absolute Gasteiger partial charge is 0.393 e. The number of rotatable bonds is 5. The van der Waals surface area contributed by atoms with Crippen LogP contribution < -0.4 is 0 Å². The van der Waals surface area contributed by atoms with Gasteiger partial charge in [0.2, 0.25) is 0 Å². The van der Waals surface area contributed by atoms with Gasteiger partial charge in [0.15, 0.2) is 0 Å². The van der Waals surface area contributed by atoms with E-state index in [2.05, 4.69) is 19.1 Å². The van der Waals surface area contributed by atoms with Crippen LogP contribution in [0.3, 0.4) is 0 Å². The van der Waals surface area contributed by atoms with Crippen molar-refractivity contribution in [1.29, 1.82) is 0 Å². The van der Waals surface area contributed by atoms with Crippen LogP contribution in [0.1, 0.15) is 23.1 Å². The van der Waals surface area contributed by atoms with E-state index in [1.807, 2.05) is 18.2 Å². The Bertz CT molecular complexity index is 581. The third-order valence-corrected chi connectivity index (χ3v) is 4.08. The van der Waals surface area contributed by atoms with Gasteiger partial charge in [0, 0.05) is 10.0 Å². The highest BCUT2D eigenvalue weighted by atomic mass is 35.5. The van der Waals surface area contributed by atoms with E-state index in [0.29, 0.717) is 22.9 Å². The van der Waals surface area contributed by atoms with E-state index < -0.39 is 6.10 Å². The van der Waals surface area contributed by atoms with E-state index in [9.17, 15) is 5.11 Å². The number of aliphatic hydroxyl groups excluding tert-OH is 1. The maximum absolute atomic E-state index is 10.2. The molecule has 0 fully saturated rings. The Morgan fingerprint density at radius 2 is 1.80 bits per heavy atom. The highest BCUT2D eigenvalue weighted by Crippen LogP contribution is 2.23. The minimum atomic E-state index is -0.412. The third kappa shape index (κ3) is 4.24. The van der Waals surface area contributed by atoms with Crippen molar-refractivity contribution < 1.29 is 5.11 Å². The Labute approximate surface area is 130 Å². The molecular formula is C17H18Cl2O. The fourth-order valence-electron chi connectivity index (χ4n) is 2.27. The van der Waals surface area contributed by atoms with E-state index in [0.717, 1.165) is 12.0 Å². The van der Waals surface area contributed by atoms with E-state index in [-0.39, 0.29) is 0 Å². The lowest BCUT2D eigenvalue weighted by molar-refractivity contribution is 0.165. The minimum absolute atomic E-state index is 0.412. The number of aliphatic hydroxyl groups is 1. The smallest absolute Gasteiger partial charge is 0.0584 e. The fourth-order valence-corrected chi connectivity index (χ4v) is 2.66. The van der Waals surface area contributed by atoms with Gasteiger partial charge in [-0.05, 0) is 61.1 Å². The Morgan fingerprint density at radius 1 is 1.05 bits per heavy atom. The van der Waals surface area contributed by atoms with Crippen molar-refractivity contribution in [2.45, 2.75) is 32.3 Å². The Hall–Kier alpha value is -1.02. The van der Waals surface area contributed by atoms with Gasteiger partial charge in [-0.1, -0.05) is 47.5 Å². The van der Waals surface area contributed by atoms with Gasteiger partial charge in [-0.3, -0.25) is 0 Å². The fraction of sp³-hybridized carbons (Fsp3) is 0.294. The van der Waals surface area contributed by atoms with Crippen LogP contribution in [-0.2, 0) is 12.8 Å². The number of halogens is 2. The summed E-state index contributed by atoms with van der Waals surface area (Å²) < 4.78 is 0. The molecule has 0 heterocycles. The molecule has 0 aromatic heterocycles. The SMILES string of the molecule is Cc1ccccc1CCC(O)Cc1cc(Cl)ccc1Cl. The monoisotopic (exact) mass is 308 g/mol. The first-order valence-electron chi connectivity index (χ1n) is 6.73. The van der Waals surface area contributed by atoms with Crippen LogP contribution in [0, 0.1) is 6.92 Å². The Kier molecular flexibility index (Phi) is 5.47. The second-order valence-electron chi connectivity index (χ2n) is 5.06. The topological polar surface area (TPSA) is 20.2 Å². The molecule has 1 unspecified atom stereocenters. The average molecular weight is 309 g/mol. The van der Waals surface area contributed by atoms with Crippen LogP contribution >= 0.6 is 23.2 Å². The number of aryl methyl sites for hydroxylation is 2. The molecule has 0 bridgehead atoms. The molecule has 1 N–H and O–H groups in total. The van der Waals surface area contributed by atoms with Crippen molar-refractivity contribution in [3.05, 3.63) is 69.2 Å². The van der Waals surface area contributed by atoms with Crippen LogP contribution in [0.15, 0.2) is 42.5 Å². The summed E-state index contributed by atoms with van der Waals surface area (Å²) in [5.74, 6) is 0. The van der Waals surface area contributed by atoms with E-state index in [1.165, 1.54) is 11.1 Å². The molecule has 0 saturated carbocycles. The van der Waals surface area contributed by atoms with E-state index in [1.54, 1.807) is 12.1 Å². The van der Waals surface area contributed by atoms with Crippen LogP contribution in [0.2, 0.25) is 10.0 Å². The second kappa shape index (κ2) is 7.12. The lowest BCUT2D eigenvalue weighted by Gasteiger charge is -2.13. The van der Waals surface area contributed by atoms with Gasteiger partial charge in [0.25, 0.3) is 0 Å². The first-order valence-corrected chi connectivity index (χ1v) is 7.48. The summed E-state index contributed by atoms with van der Waals surface area (Å²) >= 11 is 12.1. The molecule has 0 amide bonds. The summed E-state index contributed by atoms with van der Waals surface area (Å²) in [6, 6.07) is 13.6. The summed E-state index contributed by atoms with van der Waals surface area (Å²) in [5.41, 5.74) is 3.45. The van der Waals surface area contributed by atoms with Crippen molar-refractivity contribution in [2.75, 3.05) is 0 Å². The van der Waals surface area contributed by atoms with E-state index in [4.69, 9.17) is 23.2 Å². The first kappa shape index (κ1) is 15.4. The molecular weight excluding hydrogens is 291 g/mol. The number of hydrogen-bond donors (Lipinski definition) is 1. The zero-order chi connectivity index (χ0) is 14.5. The summed E-state index contributed by atoms with van der Waals surface area (Å²) in [4.78, 5) is 0. The Balaban J connectivity index is 1.94. The predicted molar refractivity (Wildman–Crippen MR) is 85.7 cm³/mol. The summed E-state index contributed by atoms with van der Waals surface area (Å²) in [5, 5.41) is 11.5. The molecule has 0 aliphatic carbocycles. The lowest BCUT2D eigenvalue weighted by atomic mass is 9.99. The highest BCUT2D eigenvalue weighted by Gasteiger charge is 2.10. The quantitative estimate of drug-likeness (QED) is 0.838. The highest BCUT2D eigenvalue weighted by molar-refractivity contribution is 6.33. The van der Waals surface area contributed by atoms with Gasteiger partial charge in [-0.2, -0.15) is 0 Å². The van der Waals surface area contributed by atoms with Crippen molar-refractivity contribution in [1.82, 2.24) is 0 Å². The first-order chi connectivity index (χ1) is 9.56. The minimum Gasteiger partial charge on any atom is -0.393 e. The molecule has 106 valence electrons. The van der Waals surface area contributed by atoms with Crippen LogP contribution in [0.5, 0.6) is 0 Å². The molecule has 20 heavy (non-hydrogen) atoms. The van der Waals surface area contributed by atoms with Gasteiger partial charge >= 0.3 is 0 Å². The van der Waals surface area contributed by atoms with Gasteiger partial charge in [-0.25, -0.2) is 0 Å².